The van der Waals surface area contributed by atoms with Crippen LogP contribution in [0.1, 0.15) is 12.8 Å². The van der Waals surface area contributed by atoms with Gasteiger partial charge in [-0.15, -0.1) is 6.58 Å². The van der Waals surface area contributed by atoms with E-state index in [4.69, 9.17) is 6.58 Å². The zero-order chi connectivity index (χ0) is 4.83. The van der Waals surface area contributed by atoms with E-state index in [-0.39, 0.29) is 0 Å². The van der Waals surface area contributed by atoms with Gasteiger partial charge >= 0.3 is 0 Å². The van der Waals surface area contributed by atoms with Gasteiger partial charge in [-0.2, -0.15) is 0 Å². The fourth-order valence-corrected chi connectivity index (χ4v) is 0.214. The lowest BCUT2D eigenvalue weighted by atomic mass is 10.3. The van der Waals surface area contributed by atoms with Gasteiger partial charge in [-0.05, 0) is 12.8 Å². The van der Waals surface area contributed by atoms with Crippen LogP contribution >= 0.6 is 0 Å². The lowest BCUT2D eigenvalue weighted by Crippen LogP contribution is -1.56. The van der Waals surface area contributed by atoms with Gasteiger partial charge in [0.1, 0.15) is 0 Å². The molecule has 0 aliphatic carbocycles. The lowest BCUT2D eigenvalue weighted by Gasteiger charge is -1.76. The van der Waals surface area contributed by atoms with Gasteiger partial charge in [0, 0.05) is 0 Å². The smallest absolute Gasteiger partial charge is 0.0313 e. The molecule has 0 atom stereocenters. The first-order valence-corrected chi connectivity index (χ1v) is 2.06. The molecular formula is C6H9. The highest BCUT2D eigenvalue weighted by atomic mass is 13.7. The molecule has 0 bridgehead atoms. The minimum absolute atomic E-state index is 0.948. The fraction of sp³-hybridized carbons (Fsp3) is 0.333. The Morgan fingerprint density at radius 2 is 2.17 bits per heavy atom. The topological polar surface area (TPSA) is 0 Å². The second-order valence-corrected chi connectivity index (χ2v) is 1.10. The standard InChI is InChI=1S/C6H9/c1-3-5-6-4-2/h1,3-4H,2,5-6H2. The Labute approximate surface area is 39.2 Å². The lowest BCUT2D eigenvalue weighted by molar-refractivity contribution is 1.06. The first-order chi connectivity index (χ1) is 2.91. The summed E-state index contributed by atoms with van der Waals surface area (Å²) >= 11 is 0. The molecule has 0 aliphatic heterocycles. The molecule has 0 nitrogen and oxygen atoms in total. The van der Waals surface area contributed by atoms with Crippen molar-refractivity contribution in [3.63, 3.8) is 0 Å². The maximum atomic E-state index is 5.04. The highest BCUT2D eigenvalue weighted by molar-refractivity contribution is 4.72. The van der Waals surface area contributed by atoms with Crippen molar-refractivity contribution < 1.29 is 0 Å². The zero-order valence-corrected chi connectivity index (χ0v) is 3.85. The van der Waals surface area contributed by atoms with Crippen molar-refractivity contribution in [3.05, 3.63) is 25.3 Å². The van der Waals surface area contributed by atoms with Crippen LogP contribution in [0.4, 0.5) is 0 Å². The largest absolute Gasteiger partial charge is 0.103 e. The van der Waals surface area contributed by atoms with Crippen LogP contribution in [-0.4, -0.2) is 0 Å². The monoisotopic (exact) mass is 81.1 g/mol. The van der Waals surface area contributed by atoms with Gasteiger partial charge in [0.05, 0.1) is 0 Å². The first kappa shape index (κ1) is 5.48. The van der Waals surface area contributed by atoms with E-state index in [1.165, 1.54) is 0 Å². The van der Waals surface area contributed by atoms with Crippen molar-refractivity contribution >= 4 is 0 Å². The van der Waals surface area contributed by atoms with Crippen LogP contribution in [0.2, 0.25) is 0 Å². The predicted molar refractivity (Wildman–Crippen MR) is 28.3 cm³/mol. The number of hydrogen-bond donors (Lipinski definition) is 0. The van der Waals surface area contributed by atoms with E-state index in [1.807, 2.05) is 6.08 Å². The second-order valence-electron chi connectivity index (χ2n) is 1.10. The van der Waals surface area contributed by atoms with Crippen LogP contribution in [0.15, 0.2) is 18.7 Å². The Morgan fingerprint density at radius 1 is 1.50 bits per heavy atom. The molecule has 0 aromatic rings. The summed E-state index contributed by atoms with van der Waals surface area (Å²) in [6.07, 6.45) is 5.44. The van der Waals surface area contributed by atoms with Crippen LogP contribution in [0, 0.1) is 6.58 Å². The van der Waals surface area contributed by atoms with Crippen LogP contribution in [0.5, 0.6) is 0 Å². The molecule has 0 aliphatic rings. The Kier molecular flexibility index (Phi) is 4.09. The summed E-state index contributed by atoms with van der Waals surface area (Å²) < 4.78 is 0. The van der Waals surface area contributed by atoms with Crippen molar-refractivity contribution in [1.82, 2.24) is 0 Å². The van der Waals surface area contributed by atoms with Crippen molar-refractivity contribution in [2.45, 2.75) is 12.8 Å². The molecule has 0 aromatic heterocycles. The predicted octanol–water partition coefficient (Wildman–Crippen LogP) is 1.94. The molecule has 0 saturated heterocycles. The third kappa shape index (κ3) is 3.48. The molecule has 0 N–H and O–H groups in total. The van der Waals surface area contributed by atoms with E-state index in [2.05, 4.69) is 6.58 Å². The summed E-state index contributed by atoms with van der Waals surface area (Å²) in [5, 5.41) is 0. The van der Waals surface area contributed by atoms with Gasteiger partial charge in [-0.25, -0.2) is 0 Å². The van der Waals surface area contributed by atoms with E-state index in [9.17, 15) is 0 Å². The number of rotatable bonds is 3. The molecule has 0 aromatic carbocycles. The summed E-state index contributed by atoms with van der Waals surface area (Å²) in [7, 11) is 0. The maximum absolute atomic E-state index is 5.04. The SMILES string of the molecule is [CH]=CCCC=C. The first-order valence-electron chi connectivity index (χ1n) is 2.06. The molecule has 1 radical (unpaired) electrons. The molecule has 0 heteroatoms. The van der Waals surface area contributed by atoms with Gasteiger partial charge in [0.25, 0.3) is 0 Å². The average Bonchev–Trinajstić information content (AvgIpc) is 1.61. The highest BCUT2D eigenvalue weighted by Crippen LogP contribution is 1.86. The molecular weight excluding hydrogens is 72.1 g/mol. The summed E-state index contributed by atoms with van der Waals surface area (Å²) in [6, 6.07) is 0. The van der Waals surface area contributed by atoms with E-state index in [0.29, 0.717) is 0 Å². The summed E-state index contributed by atoms with van der Waals surface area (Å²) in [4.78, 5) is 0. The molecule has 0 unspecified atom stereocenters. The number of allylic oxidation sites excluding steroid dienone is 2. The molecule has 33 valence electrons. The van der Waals surface area contributed by atoms with Gasteiger partial charge in [0.2, 0.25) is 0 Å². The average molecular weight is 81.1 g/mol. The molecule has 0 spiro atoms. The normalized spacial score (nSPS) is 7.33. The molecule has 0 amide bonds. The summed E-state index contributed by atoms with van der Waals surface area (Å²) in [5.41, 5.74) is 0. The van der Waals surface area contributed by atoms with Gasteiger partial charge in [-0.1, -0.05) is 18.7 Å². The second kappa shape index (κ2) is 4.48. The van der Waals surface area contributed by atoms with Gasteiger partial charge in [-0.3, -0.25) is 0 Å². The quantitative estimate of drug-likeness (QED) is 0.360. The maximum Gasteiger partial charge on any atom is -0.0313 e. The van der Waals surface area contributed by atoms with Crippen LogP contribution in [0.25, 0.3) is 0 Å². The Morgan fingerprint density at radius 3 is 2.33 bits per heavy atom. The summed E-state index contributed by atoms with van der Waals surface area (Å²) in [5.74, 6) is 0. The van der Waals surface area contributed by atoms with E-state index < -0.39 is 0 Å². The number of hydrogen-bond acceptors (Lipinski definition) is 0. The highest BCUT2D eigenvalue weighted by Gasteiger charge is 1.66. The summed E-state index contributed by atoms with van der Waals surface area (Å²) in [6.45, 7) is 8.56. The third-order valence-electron chi connectivity index (χ3n) is 0.537. The Bertz CT molecular complexity index is 36.0. The molecule has 0 heterocycles. The van der Waals surface area contributed by atoms with Crippen LogP contribution in [-0.2, 0) is 0 Å². The third-order valence-corrected chi connectivity index (χ3v) is 0.537. The zero-order valence-electron chi connectivity index (χ0n) is 3.85. The minimum atomic E-state index is 0.948. The van der Waals surface area contributed by atoms with E-state index in [0.717, 1.165) is 12.8 Å². The molecule has 0 saturated carbocycles. The van der Waals surface area contributed by atoms with Crippen molar-refractivity contribution in [2.24, 2.45) is 0 Å². The Balaban J connectivity index is 2.66. The van der Waals surface area contributed by atoms with E-state index >= 15 is 0 Å². The number of unbranched alkanes of at least 4 members (excludes halogenated alkanes) is 1. The fourth-order valence-electron chi connectivity index (χ4n) is 0.214. The van der Waals surface area contributed by atoms with Crippen molar-refractivity contribution in [2.75, 3.05) is 0 Å². The van der Waals surface area contributed by atoms with Crippen LogP contribution in [0.3, 0.4) is 0 Å². The van der Waals surface area contributed by atoms with Crippen molar-refractivity contribution in [3.8, 4) is 0 Å². The molecule has 6 heavy (non-hydrogen) atoms. The van der Waals surface area contributed by atoms with Gasteiger partial charge in [0.15, 0.2) is 0 Å². The van der Waals surface area contributed by atoms with E-state index in [1.54, 1.807) is 6.08 Å². The van der Waals surface area contributed by atoms with Gasteiger partial charge < -0.3 is 0 Å². The van der Waals surface area contributed by atoms with Crippen LogP contribution < -0.4 is 0 Å². The molecule has 0 fully saturated rings. The Hall–Kier alpha value is -0.520. The minimum Gasteiger partial charge on any atom is -0.103 e. The van der Waals surface area contributed by atoms with Crippen molar-refractivity contribution in [1.29, 1.82) is 0 Å². The molecule has 0 rings (SSSR count).